The highest BCUT2D eigenvalue weighted by molar-refractivity contribution is 5.78. The molecule has 0 unspecified atom stereocenters. The van der Waals surface area contributed by atoms with Crippen LogP contribution in [-0.4, -0.2) is 20.6 Å². The Kier molecular flexibility index (Phi) is 5.03. The lowest BCUT2D eigenvalue weighted by atomic mass is 10.1. The van der Waals surface area contributed by atoms with Crippen LogP contribution in [-0.2, 0) is 11.3 Å². The number of benzene rings is 2. The zero-order chi connectivity index (χ0) is 22.0. The lowest BCUT2D eigenvalue weighted by molar-refractivity contribution is -0.137. The van der Waals surface area contributed by atoms with Crippen molar-refractivity contribution in [1.82, 2.24) is 9.55 Å². The van der Waals surface area contributed by atoms with Crippen molar-refractivity contribution in [3.63, 3.8) is 0 Å². The van der Waals surface area contributed by atoms with Gasteiger partial charge in [0.05, 0.1) is 11.6 Å². The molecule has 2 aromatic carbocycles. The highest BCUT2D eigenvalue weighted by Gasteiger charge is 2.14. The molecule has 0 aliphatic carbocycles. The Hall–Kier alpha value is -4.71. The van der Waals surface area contributed by atoms with E-state index in [1.165, 1.54) is 12.3 Å². The maximum atomic E-state index is 12.3. The number of aromatic nitrogens is 2. The SMILES string of the molecule is N#Cc1ccc(Oc2ccc(-c3cnc4c(=O)n(CC(=O)O)c(=O)oc4c3)cc2)cc1. The highest BCUT2D eigenvalue weighted by atomic mass is 16.5. The molecule has 0 bridgehead atoms. The Morgan fingerprint density at radius 2 is 1.71 bits per heavy atom. The number of aliphatic carboxylic acids is 1. The summed E-state index contributed by atoms with van der Waals surface area (Å²) >= 11 is 0. The summed E-state index contributed by atoms with van der Waals surface area (Å²) in [5.41, 5.74) is 0.867. The van der Waals surface area contributed by atoms with Crippen LogP contribution in [0, 0.1) is 11.3 Å². The molecule has 9 heteroatoms. The Labute approximate surface area is 174 Å². The first-order chi connectivity index (χ1) is 14.9. The Morgan fingerprint density at radius 1 is 1.06 bits per heavy atom. The standard InChI is InChI=1S/C22H13N3O6/c23-10-13-1-5-16(6-2-13)30-17-7-3-14(4-8-17)15-9-18-20(24-11-15)21(28)25(12-19(26)27)22(29)31-18/h1-9,11H,12H2,(H,26,27). The molecule has 1 N–H and O–H groups in total. The Bertz CT molecular complexity index is 1440. The Morgan fingerprint density at radius 3 is 2.32 bits per heavy atom. The number of ether oxygens (including phenoxy) is 1. The van der Waals surface area contributed by atoms with Crippen LogP contribution in [0.5, 0.6) is 11.5 Å². The van der Waals surface area contributed by atoms with Gasteiger partial charge in [0, 0.05) is 11.8 Å². The van der Waals surface area contributed by atoms with E-state index in [4.69, 9.17) is 19.5 Å². The summed E-state index contributed by atoms with van der Waals surface area (Å²) in [7, 11) is 0. The summed E-state index contributed by atoms with van der Waals surface area (Å²) in [6.45, 7) is -0.804. The molecule has 0 fully saturated rings. The van der Waals surface area contributed by atoms with Crippen LogP contribution in [0.3, 0.4) is 0 Å². The average molecular weight is 415 g/mol. The molecular formula is C22H13N3O6. The molecule has 31 heavy (non-hydrogen) atoms. The third-order valence-corrected chi connectivity index (χ3v) is 4.42. The summed E-state index contributed by atoms with van der Waals surface area (Å²) in [6.07, 6.45) is 1.44. The van der Waals surface area contributed by atoms with Gasteiger partial charge in [-0.2, -0.15) is 5.26 Å². The highest BCUT2D eigenvalue weighted by Crippen LogP contribution is 2.26. The van der Waals surface area contributed by atoms with Gasteiger partial charge in [0.1, 0.15) is 18.0 Å². The quantitative estimate of drug-likeness (QED) is 0.526. The van der Waals surface area contributed by atoms with E-state index in [1.807, 2.05) is 6.07 Å². The van der Waals surface area contributed by atoms with E-state index in [0.29, 0.717) is 27.2 Å². The van der Waals surface area contributed by atoms with Crippen molar-refractivity contribution in [2.24, 2.45) is 0 Å². The van der Waals surface area contributed by atoms with Gasteiger partial charge in [-0.05, 0) is 48.0 Å². The van der Waals surface area contributed by atoms with Gasteiger partial charge in [-0.1, -0.05) is 12.1 Å². The van der Waals surface area contributed by atoms with Gasteiger partial charge in [-0.3, -0.25) is 9.59 Å². The normalized spacial score (nSPS) is 10.5. The smallest absolute Gasteiger partial charge is 0.422 e. The first kappa shape index (κ1) is 19.6. The van der Waals surface area contributed by atoms with Crippen molar-refractivity contribution in [3.05, 3.63) is 87.3 Å². The molecule has 0 spiro atoms. The van der Waals surface area contributed by atoms with E-state index in [1.54, 1.807) is 48.5 Å². The van der Waals surface area contributed by atoms with Crippen LogP contribution in [0.4, 0.5) is 0 Å². The fraction of sp³-hybridized carbons (Fsp3) is 0.0455. The van der Waals surface area contributed by atoms with Crippen molar-refractivity contribution in [2.45, 2.75) is 6.54 Å². The third kappa shape index (κ3) is 4.04. The van der Waals surface area contributed by atoms with Crippen LogP contribution in [0.1, 0.15) is 5.56 Å². The molecule has 0 aliphatic heterocycles. The van der Waals surface area contributed by atoms with Gasteiger partial charge in [0.2, 0.25) is 0 Å². The predicted octanol–water partition coefficient (Wildman–Crippen LogP) is 2.77. The maximum absolute atomic E-state index is 12.3. The van der Waals surface area contributed by atoms with Crippen LogP contribution in [0.15, 0.2) is 74.8 Å². The molecule has 0 amide bonds. The van der Waals surface area contributed by atoms with E-state index in [2.05, 4.69) is 4.98 Å². The minimum absolute atomic E-state index is 0.0351. The van der Waals surface area contributed by atoms with Crippen LogP contribution < -0.4 is 16.1 Å². The van der Waals surface area contributed by atoms with Crippen molar-refractivity contribution >= 4 is 17.1 Å². The van der Waals surface area contributed by atoms with Crippen LogP contribution in [0.2, 0.25) is 0 Å². The number of hydrogen-bond acceptors (Lipinski definition) is 7. The molecule has 9 nitrogen and oxygen atoms in total. The van der Waals surface area contributed by atoms with Gasteiger partial charge >= 0.3 is 11.7 Å². The predicted molar refractivity (Wildman–Crippen MR) is 109 cm³/mol. The van der Waals surface area contributed by atoms with Gasteiger partial charge < -0.3 is 14.3 Å². The third-order valence-electron chi connectivity index (χ3n) is 4.42. The van der Waals surface area contributed by atoms with Crippen molar-refractivity contribution in [2.75, 3.05) is 0 Å². The lowest BCUT2D eigenvalue weighted by Crippen LogP contribution is -2.35. The number of carboxylic acids is 1. The number of hydrogen-bond donors (Lipinski definition) is 1. The fourth-order valence-corrected chi connectivity index (χ4v) is 2.92. The maximum Gasteiger partial charge on any atom is 0.422 e. The number of nitrogens with zero attached hydrogens (tertiary/aromatic N) is 3. The van der Waals surface area contributed by atoms with Crippen molar-refractivity contribution in [3.8, 4) is 28.7 Å². The molecule has 0 aliphatic rings. The van der Waals surface area contributed by atoms with Crippen molar-refractivity contribution in [1.29, 1.82) is 5.26 Å². The summed E-state index contributed by atoms with van der Waals surface area (Å²) in [6, 6.07) is 17.2. The number of fused-ring (bicyclic) bond motifs is 1. The topological polar surface area (TPSA) is 135 Å². The zero-order valence-corrected chi connectivity index (χ0v) is 15.8. The van der Waals surface area contributed by atoms with Gasteiger partial charge in [0.25, 0.3) is 5.56 Å². The van der Waals surface area contributed by atoms with Crippen LogP contribution in [0.25, 0.3) is 22.2 Å². The summed E-state index contributed by atoms with van der Waals surface area (Å²) in [4.78, 5) is 39.2. The molecule has 2 aromatic heterocycles. The molecule has 0 saturated carbocycles. The number of rotatable bonds is 5. The average Bonchev–Trinajstić information content (AvgIpc) is 2.77. The summed E-state index contributed by atoms with van der Waals surface area (Å²) < 4.78 is 11.3. The molecule has 0 saturated heterocycles. The molecule has 4 aromatic rings. The van der Waals surface area contributed by atoms with Crippen molar-refractivity contribution < 1.29 is 19.1 Å². The van der Waals surface area contributed by atoms with Gasteiger partial charge in [-0.15, -0.1) is 0 Å². The molecule has 152 valence electrons. The van der Waals surface area contributed by atoms with E-state index < -0.39 is 23.8 Å². The second-order valence-electron chi connectivity index (χ2n) is 6.49. The molecule has 0 atom stereocenters. The first-order valence-corrected chi connectivity index (χ1v) is 8.98. The molecule has 0 radical (unpaired) electrons. The number of pyridine rings is 1. The number of carbonyl (C=O) groups is 1. The van der Waals surface area contributed by atoms with E-state index in [-0.39, 0.29) is 11.1 Å². The second kappa shape index (κ2) is 7.96. The largest absolute Gasteiger partial charge is 0.480 e. The van der Waals surface area contributed by atoms with Crippen LogP contribution >= 0.6 is 0 Å². The van der Waals surface area contributed by atoms with E-state index >= 15 is 0 Å². The minimum Gasteiger partial charge on any atom is -0.480 e. The molecule has 2 heterocycles. The first-order valence-electron chi connectivity index (χ1n) is 8.98. The molecule has 4 rings (SSSR count). The number of nitriles is 1. The Balaban J connectivity index is 1.62. The lowest BCUT2D eigenvalue weighted by Gasteiger charge is -2.08. The second-order valence-corrected chi connectivity index (χ2v) is 6.49. The molecular weight excluding hydrogens is 402 g/mol. The minimum atomic E-state index is -1.34. The van der Waals surface area contributed by atoms with E-state index in [0.717, 1.165) is 5.56 Å². The zero-order valence-electron chi connectivity index (χ0n) is 15.8. The van der Waals surface area contributed by atoms with Gasteiger partial charge in [-0.25, -0.2) is 14.3 Å². The summed E-state index contributed by atoms with van der Waals surface area (Å²) in [5.74, 6) is -1.25. The summed E-state index contributed by atoms with van der Waals surface area (Å²) in [5, 5.41) is 17.7. The van der Waals surface area contributed by atoms with Gasteiger partial charge in [0.15, 0.2) is 11.1 Å². The van der Waals surface area contributed by atoms with E-state index in [9.17, 15) is 14.4 Å². The number of carboxylic acid groups (broad SMARTS) is 1. The monoisotopic (exact) mass is 415 g/mol. The fourth-order valence-electron chi connectivity index (χ4n) is 2.92.